The van der Waals surface area contributed by atoms with Gasteiger partial charge in [-0.3, -0.25) is 0 Å². The van der Waals surface area contributed by atoms with Crippen LogP contribution in [-0.4, -0.2) is 39.0 Å². The van der Waals surface area contributed by atoms with Gasteiger partial charge in [0.1, 0.15) is 0 Å². The number of aromatic nitrogens is 3. The summed E-state index contributed by atoms with van der Waals surface area (Å²) in [6, 6.07) is 4.09. The molecule has 122 valence electrons. The molecule has 1 N–H and O–H groups in total. The van der Waals surface area contributed by atoms with Gasteiger partial charge in [0.2, 0.25) is 0 Å². The number of hydrogen-bond acceptors (Lipinski definition) is 3. The third-order valence-electron chi connectivity index (χ3n) is 3.73. The third kappa shape index (κ3) is 3.43. The number of hydrogen-bond donors (Lipinski definition) is 1. The van der Waals surface area contributed by atoms with Crippen LogP contribution in [0.3, 0.4) is 0 Å². The molecule has 1 aromatic carbocycles. The molecule has 0 unspecified atom stereocenters. The predicted octanol–water partition coefficient (Wildman–Crippen LogP) is 2.78. The number of likely N-dealkylation sites (tertiary alicyclic amines) is 1. The molecule has 6 nitrogen and oxygen atoms in total. The molecule has 1 aliphatic heterocycles. The summed E-state index contributed by atoms with van der Waals surface area (Å²) in [4.78, 5) is 13.8. The standard InChI is InChI=1S/C14H14F3N5O/c15-14(16,17)10-1-3-11(4-2-10)19-13(23)21-7-5-12(9-21)22-8-6-18-20-22/h1-4,6,8,12H,5,7,9H2,(H,19,23)/t12-/m1/s1. The lowest BCUT2D eigenvalue weighted by molar-refractivity contribution is -0.137. The molecule has 2 amide bonds. The van der Waals surface area contributed by atoms with Crippen LogP contribution in [0.4, 0.5) is 23.7 Å². The van der Waals surface area contributed by atoms with Crippen molar-refractivity contribution in [2.24, 2.45) is 0 Å². The van der Waals surface area contributed by atoms with Crippen molar-refractivity contribution in [1.29, 1.82) is 0 Å². The first-order valence-corrected chi connectivity index (χ1v) is 7.02. The van der Waals surface area contributed by atoms with E-state index in [1.54, 1.807) is 22.0 Å². The lowest BCUT2D eigenvalue weighted by Crippen LogP contribution is -2.33. The highest BCUT2D eigenvalue weighted by Gasteiger charge is 2.30. The number of carbonyl (C=O) groups excluding carboxylic acids is 1. The lowest BCUT2D eigenvalue weighted by Gasteiger charge is -2.17. The molecule has 0 spiro atoms. The molecular weight excluding hydrogens is 311 g/mol. The number of urea groups is 1. The number of alkyl halides is 3. The van der Waals surface area contributed by atoms with Crippen LogP contribution >= 0.6 is 0 Å². The number of anilines is 1. The molecule has 0 bridgehead atoms. The molecule has 23 heavy (non-hydrogen) atoms. The van der Waals surface area contributed by atoms with Crippen molar-refractivity contribution in [2.75, 3.05) is 18.4 Å². The smallest absolute Gasteiger partial charge is 0.322 e. The molecular formula is C14H14F3N5O. The number of amides is 2. The average Bonchev–Trinajstić information content (AvgIpc) is 3.18. The van der Waals surface area contributed by atoms with Gasteiger partial charge in [-0.1, -0.05) is 5.21 Å². The Kier molecular flexibility index (Phi) is 3.93. The summed E-state index contributed by atoms with van der Waals surface area (Å²) < 4.78 is 39.2. The zero-order valence-corrected chi connectivity index (χ0v) is 12.0. The summed E-state index contributed by atoms with van der Waals surface area (Å²) in [6.45, 7) is 1.03. The summed E-state index contributed by atoms with van der Waals surface area (Å²) in [5.41, 5.74) is -0.421. The van der Waals surface area contributed by atoms with E-state index in [2.05, 4.69) is 15.6 Å². The van der Waals surface area contributed by atoms with Crippen LogP contribution in [0.15, 0.2) is 36.7 Å². The summed E-state index contributed by atoms with van der Waals surface area (Å²) in [5, 5.41) is 10.2. The van der Waals surface area contributed by atoms with Crippen molar-refractivity contribution in [2.45, 2.75) is 18.6 Å². The maximum absolute atomic E-state index is 12.5. The quantitative estimate of drug-likeness (QED) is 0.923. The summed E-state index contributed by atoms with van der Waals surface area (Å²) in [7, 11) is 0. The van der Waals surface area contributed by atoms with Gasteiger partial charge in [0.15, 0.2) is 0 Å². The van der Waals surface area contributed by atoms with Gasteiger partial charge >= 0.3 is 12.2 Å². The van der Waals surface area contributed by atoms with Gasteiger partial charge in [-0.25, -0.2) is 9.48 Å². The zero-order chi connectivity index (χ0) is 16.4. The molecule has 0 saturated carbocycles. The Morgan fingerprint density at radius 1 is 1.26 bits per heavy atom. The first-order chi connectivity index (χ1) is 10.9. The van der Waals surface area contributed by atoms with Gasteiger partial charge in [-0.2, -0.15) is 13.2 Å². The molecule has 1 saturated heterocycles. The van der Waals surface area contributed by atoms with Gasteiger partial charge in [-0.05, 0) is 30.7 Å². The number of nitrogens with zero attached hydrogens (tertiary/aromatic N) is 4. The van der Waals surface area contributed by atoms with E-state index in [0.29, 0.717) is 18.8 Å². The number of halogens is 3. The van der Waals surface area contributed by atoms with Crippen LogP contribution in [0, 0.1) is 0 Å². The van der Waals surface area contributed by atoms with Gasteiger partial charge in [0.05, 0.1) is 17.8 Å². The molecule has 2 heterocycles. The van der Waals surface area contributed by atoms with Crippen LogP contribution in [0.1, 0.15) is 18.0 Å². The molecule has 1 atom stereocenters. The molecule has 1 aliphatic rings. The normalized spacial score (nSPS) is 18.2. The maximum atomic E-state index is 12.5. The van der Waals surface area contributed by atoms with E-state index in [9.17, 15) is 18.0 Å². The summed E-state index contributed by atoms with van der Waals surface area (Å²) in [6.07, 6.45) is -0.320. The molecule has 0 radical (unpaired) electrons. The van der Waals surface area contributed by atoms with Gasteiger partial charge in [0, 0.05) is 25.0 Å². The third-order valence-corrected chi connectivity index (χ3v) is 3.73. The van der Waals surface area contributed by atoms with Crippen molar-refractivity contribution < 1.29 is 18.0 Å². The second-order valence-corrected chi connectivity index (χ2v) is 5.28. The average molecular weight is 325 g/mol. The molecule has 2 aromatic rings. The first kappa shape index (κ1) is 15.3. The fourth-order valence-electron chi connectivity index (χ4n) is 2.50. The van der Waals surface area contributed by atoms with Crippen LogP contribution in [-0.2, 0) is 6.18 Å². The van der Waals surface area contributed by atoms with Crippen molar-refractivity contribution >= 4 is 11.7 Å². The van der Waals surface area contributed by atoms with Crippen LogP contribution in [0.25, 0.3) is 0 Å². The Morgan fingerprint density at radius 2 is 2.00 bits per heavy atom. The minimum absolute atomic E-state index is 0.0656. The van der Waals surface area contributed by atoms with E-state index in [0.717, 1.165) is 18.6 Å². The largest absolute Gasteiger partial charge is 0.416 e. The maximum Gasteiger partial charge on any atom is 0.416 e. The van der Waals surface area contributed by atoms with Gasteiger partial charge in [0.25, 0.3) is 0 Å². The fourth-order valence-corrected chi connectivity index (χ4v) is 2.50. The first-order valence-electron chi connectivity index (χ1n) is 7.02. The summed E-state index contributed by atoms with van der Waals surface area (Å²) >= 11 is 0. The highest BCUT2D eigenvalue weighted by atomic mass is 19.4. The second kappa shape index (κ2) is 5.90. The molecule has 1 fully saturated rings. The predicted molar refractivity (Wildman–Crippen MR) is 75.7 cm³/mol. The van der Waals surface area contributed by atoms with Crippen molar-refractivity contribution in [3.8, 4) is 0 Å². The van der Waals surface area contributed by atoms with Crippen molar-refractivity contribution in [3.05, 3.63) is 42.2 Å². The minimum Gasteiger partial charge on any atom is -0.322 e. The van der Waals surface area contributed by atoms with Gasteiger partial charge < -0.3 is 10.2 Å². The fraction of sp³-hybridized carbons (Fsp3) is 0.357. The lowest BCUT2D eigenvalue weighted by atomic mass is 10.2. The van der Waals surface area contributed by atoms with Crippen LogP contribution in [0.2, 0.25) is 0 Å². The van der Waals surface area contributed by atoms with Crippen LogP contribution < -0.4 is 5.32 Å². The van der Waals surface area contributed by atoms with E-state index in [1.165, 1.54) is 12.1 Å². The number of rotatable bonds is 2. The number of benzene rings is 1. The Hall–Kier alpha value is -2.58. The van der Waals surface area contributed by atoms with Gasteiger partial charge in [-0.15, -0.1) is 5.10 Å². The molecule has 9 heteroatoms. The van der Waals surface area contributed by atoms with E-state index >= 15 is 0 Å². The SMILES string of the molecule is O=C(Nc1ccc(C(F)(F)F)cc1)N1CC[C@@H](n2ccnn2)C1. The highest BCUT2D eigenvalue weighted by molar-refractivity contribution is 5.89. The minimum atomic E-state index is -4.39. The number of carbonyl (C=O) groups is 1. The van der Waals surface area contributed by atoms with E-state index in [1.807, 2.05) is 0 Å². The van der Waals surface area contributed by atoms with E-state index in [4.69, 9.17) is 0 Å². The summed E-state index contributed by atoms with van der Waals surface area (Å²) in [5.74, 6) is 0. The Bertz CT molecular complexity index is 669. The number of nitrogens with one attached hydrogen (secondary N) is 1. The van der Waals surface area contributed by atoms with E-state index < -0.39 is 11.7 Å². The zero-order valence-electron chi connectivity index (χ0n) is 12.0. The molecule has 0 aliphatic carbocycles. The van der Waals surface area contributed by atoms with Crippen LogP contribution in [0.5, 0.6) is 0 Å². The Balaban J connectivity index is 1.59. The Labute approximate surface area is 129 Å². The highest BCUT2D eigenvalue weighted by Crippen LogP contribution is 2.30. The molecule has 3 rings (SSSR count). The monoisotopic (exact) mass is 325 g/mol. The topological polar surface area (TPSA) is 63.1 Å². The Morgan fingerprint density at radius 3 is 2.61 bits per heavy atom. The van der Waals surface area contributed by atoms with Crippen molar-refractivity contribution in [1.82, 2.24) is 19.9 Å². The molecule has 1 aromatic heterocycles. The van der Waals surface area contributed by atoms with Crippen molar-refractivity contribution in [3.63, 3.8) is 0 Å². The van der Waals surface area contributed by atoms with E-state index in [-0.39, 0.29) is 12.1 Å². The second-order valence-electron chi connectivity index (χ2n) is 5.28.